The van der Waals surface area contributed by atoms with Crippen LogP contribution in [0, 0.1) is 0 Å². The summed E-state index contributed by atoms with van der Waals surface area (Å²) in [5, 5.41) is 3.56. The van der Waals surface area contributed by atoms with Crippen LogP contribution in [-0.2, 0) is 4.74 Å². The number of ether oxygens (including phenoxy) is 2. The Morgan fingerprint density at radius 2 is 1.80 bits per heavy atom. The molecular formula is C17H29NO2. The molecule has 0 heterocycles. The van der Waals surface area contributed by atoms with Gasteiger partial charge in [0.1, 0.15) is 5.75 Å². The van der Waals surface area contributed by atoms with Gasteiger partial charge in [0.05, 0.1) is 6.61 Å². The van der Waals surface area contributed by atoms with Crippen LogP contribution in [0.15, 0.2) is 24.3 Å². The number of nitrogens with one attached hydrogen (secondary N) is 1. The minimum atomic E-state index is 0.387. The predicted molar refractivity (Wildman–Crippen MR) is 84.4 cm³/mol. The maximum Gasteiger partial charge on any atom is 0.119 e. The summed E-state index contributed by atoms with van der Waals surface area (Å²) in [6, 6.07) is 8.79. The molecule has 0 spiro atoms. The first-order valence-electron chi connectivity index (χ1n) is 7.73. The molecule has 1 unspecified atom stereocenters. The van der Waals surface area contributed by atoms with Crippen molar-refractivity contribution in [3.05, 3.63) is 29.8 Å². The Morgan fingerprint density at radius 1 is 1.05 bits per heavy atom. The van der Waals surface area contributed by atoms with Gasteiger partial charge in [0.15, 0.2) is 0 Å². The fourth-order valence-corrected chi connectivity index (χ4v) is 2.06. The van der Waals surface area contributed by atoms with E-state index >= 15 is 0 Å². The molecule has 1 N–H and O–H groups in total. The van der Waals surface area contributed by atoms with Crippen molar-refractivity contribution in [2.75, 3.05) is 26.9 Å². The molecule has 0 aromatic heterocycles. The largest absolute Gasteiger partial charge is 0.494 e. The molecule has 1 aromatic carbocycles. The van der Waals surface area contributed by atoms with E-state index in [0.717, 1.165) is 38.3 Å². The zero-order valence-corrected chi connectivity index (χ0v) is 13.2. The number of hydrogen-bond acceptors (Lipinski definition) is 3. The Kier molecular flexibility index (Phi) is 9.09. The predicted octanol–water partition coefficient (Wildman–Crippen LogP) is 3.94. The Bertz CT molecular complexity index is 337. The maximum absolute atomic E-state index is 5.59. The molecule has 0 radical (unpaired) electrons. The van der Waals surface area contributed by atoms with E-state index in [4.69, 9.17) is 9.47 Å². The van der Waals surface area contributed by atoms with E-state index in [2.05, 4.69) is 43.4 Å². The molecule has 1 aromatic rings. The van der Waals surface area contributed by atoms with Gasteiger partial charge in [0, 0.05) is 19.8 Å². The van der Waals surface area contributed by atoms with Gasteiger partial charge in [-0.1, -0.05) is 19.1 Å². The van der Waals surface area contributed by atoms with Gasteiger partial charge in [-0.2, -0.15) is 0 Å². The molecule has 0 aliphatic carbocycles. The maximum atomic E-state index is 5.59. The molecule has 1 rings (SSSR count). The van der Waals surface area contributed by atoms with Gasteiger partial charge < -0.3 is 14.8 Å². The second-order valence-corrected chi connectivity index (χ2v) is 5.15. The highest BCUT2D eigenvalue weighted by atomic mass is 16.5. The fourth-order valence-electron chi connectivity index (χ4n) is 2.06. The number of hydrogen-bond donors (Lipinski definition) is 1. The first kappa shape index (κ1) is 17.0. The lowest BCUT2D eigenvalue weighted by Crippen LogP contribution is -2.19. The number of methoxy groups -OCH3 is 1. The zero-order chi connectivity index (χ0) is 14.6. The van der Waals surface area contributed by atoms with Crippen molar-refractivity contribution < 1.29 is 9.47 Å². The van der Waals surface area contributed by atoms with Crippen molar-refractivity contribution in [2.45, 2.75) is 45.6 Å². The molecule has 0 amide bonds. The number of rotatable bonds is 11. The molecule has 0 saturated carbocycles. The van der Waals surface area contributed by atoms with Gasteiger partial charge in [0.25, 0.3) is 0 Å². The topological polar surface area (TPSA) is 30.5 Å². The second-order valence-electron chi connectivity index (χ2n) is 5.15. The van der Waals surface area contributed by atoms with E-state index in [0.29, 0.717) is 6.04 Å². The highest BCUT2D eigenvalue weighted by molar-refractivity contribution is 5.28. The molecular weight excluding hydrogens is 250 g/mol. The minimum absolute atomic E-state index is 0.387. The van der Waals surface area contributed by atoms with Crippen molar-refractivity contribution in [1.29, 1.82) is 0 Å². The molecule has 3 nitrogen and oxygen atoms in total. The van der Waals surface area contributed by atoms with Crippen LogP contribution in [-0.4, -0.2) is 26.9 Å². The third kappa shape index (κ3) is 6.92. The van der Waals surface area contributed by atoms with E-state index in [9.17, 15) is 0 Å². The molecule has 0 bridgehead atoms. The van der Waals surface area contributed by atoms with E-state index in [1.165, 1.54) is 18.4 Å². The van der Waals surface area contributed by atoms with E-state index in [1.807, 2.05) is 0 Å². The van der Waals surface area contributed by atoms with Crippen molar-refractivity contribution in [3.63, 3.8) is 0 Å². The first-order chi connectivity index (χ1) is 9.77. The van der Waals surface area contributed by atoms with Crippen molar-refractivity contribution in [1.82, 2.24) is 5.32 Å². The molecule has 3 heteroatoms. The Balaban J connectivity index is 2.23. The highest BCUT2D eigenvalue weighted by Gasteiger charge is 2.04. The van der Waals surface area contributed by atoms with Gasteiger partial charge in [0.2, 0.25) is 0 Å². The van der Waals surface area contributed by atoms with E-state index in [1.54, 1.807) is 7.11 Å². The quantitative estimate of drug-likeness (QED) is 0.622. The Hall–Kier alpha value is -1.06. The fraction of sp³-hybridized carbons (Fsp3) is 0.647. The number of benzene rings is 1. The summed E-state index contributed by atoms with van der Waals surface area (Å²) in [6.45, 7) is 7.03. The summed E-state index contributed by atoms with van der Waals surface area (Å²) in [5.74, 6) is 0.961. The molecule has 20 heavy (non-hydrogen) atoms. The summed E-state index contributed by atoms with van der Waals surface area (Å²) in [5.41, 5.74) is 1.31. The van der Waals surface area contributed by atoms with Gasteiger partial charge in [-0.05, 0) is 56.8 Å². The van der Waals surface area contributed by atoms with Crippen LogP contribution in [0.3, 0.4) is 0 Å². The Morgan fingerprint density at radius 3 is 2.45 bits per heavy atom. The van der Waals surface area contributed by atoms with E-state index < -0.39 is 0 Å². The van der Waals surface area contributed by atoms with Crippen LogP contribution in [0.5, 0.6) is 5.75 Å². The lowest BCUT2D eigenvalue weighted by Gasteiger charge is -2.15. The van der Waals surface area contributed by atoms with Gasteiger partial charge in [-0.3, -0.25) is 0 Å². The molecule has 114 valence electrons. The van der Waals surface area contributed by atoms with Gasteiger partial charge in [-0.25, -0.2) is 0 Å². The molecule has 0 aliphatic heterocycles. The van der Waals surface area contributed by atoms with Crippen molar-refractivity contribution >= 4 is 0 Å². The summed E-state index contributed by atoms with van der Waals surface area (Å²) in [7, 11) is 1.76. The summed E-state index contributed by atoms with van der Waals surface area (Å²) >= 11 is 0. The smallest absolute Gasteiger partial charge is 0.119 e. The Labute approximate surface area is 123 Å². The van der Waals surface area contributed by atoms with E-state index in [-0.39, 0.29) is 0 Å². The second kappa shape index (κ2) is 10.7. The van der Waals surface area contributed by atoms with Crippen molar-refractivity contribution in [2.24, 2.45) is 0 Å². The van der Waals surface area contributed by atoms with Crippen LogP contribution < -0.4 is 10.1 Å². The van der Waals surface area contributed by atoms with Crippen LogP contribution >= 0.6 is 0 Å². The minimum Gasteiger partial charge on any atom is -0.494 e. The summed E-state index contributed by atoms with van der Waals surface area (Å²) in [4.78, 5) is 0. The van der Waals surface area contributed by atoms with Gasteiger partial charge in [-0.15, -0.1) is 0 Å². The molecule has 0 aliphatic rings. The third-order valence-corrected chi connectivity index (χ3v) is 3.33. The lowest BCUT2D eigenvalue weighted by molar-refractivity contribution is 0.192. The van der Waals surface area contributed by atoms with Crippen LogP contribution in [0.1, 0.15) is 51.1 Å². The zero-order valence-electron chi connectivity index (χ0n) is 13.2. The molecule has 1 atom stereocenters. The molecule has 0 fully saturated rings. The highest BCUT2D eigenvalue weighted by Crippen LogP contribution is 2.17. The standard InChI is InChI=1S/C17H29NO2/c1-4-13-20-17-10-8-16(9-11-17)15(2)18-12-6-5-7-14-19-3/h8-11,15,18H,4-7,12-14H2,1-3H3. The average molecular weight is 279 g/mol. The van der Waals surface area contributed by atoms with Crippen LogP contribution in [0.25, 0.3) is 0 Å². The summed E-state index contributed by atoms with van der Waals surface area (Å²) < 4.78 is 10.6. The van der Waals surface area contributed by atoms with Gasteiger partial charge >= 0.3 is 0 Å². The first-order valence-corrected chi connectivity index (χ1v) is 7.73. The number of unbranched alkanes of at least 4 members (excludes halogenated alkanes) is 2. The lowest BCUT2D eigenvalue weighted by atomic mass is 10.1. The van der Waals surface area contributed by atoms with Crippen molar-refractivity contribution in [3.8, 4) is 5.75 Å². The average Bonchev–Trinajstić information content (AvgIpc) is 2.49. The normalized spacial score (nSPS) is 12.3. The monoisotopic (exact) mass is 279 g/mol. The molecule has 0 saturated heterocycles. The summed E-state index contributed by atoms with van der Waals surface area (Å²) in [6.07, 6.45) is 4.61. The SMILES string of the molecule is CCCOc1ccc(C(C)NCCCCCOC)cc1. The van der Waals surface area contributed by atoms with Crippen LogP contribution in [0.4, 0.5) is 0 Å². The third-order valence-electron chi connectivity index (χ3n) is 3.33. The van der Waals surface area contributed by atoms with Crippen LogP contribution in [0.2, 0.25) is 0 Å².